The molecule has 1 amide bonds. The Balaban J connectivity index is 1.53. The Morgan fingerprint density at radius 2 is 1.97 bits per heavy atom. The van der Waals surface area contributed by atoms with Gasteiger partial charge in [-0.25, -0.2) is 4.98 Å². The van der Waals surface area contributed by atoms with Crippen LogP contribution in [0.15, 0.2) is 36.7 Å². The minimum absolute atomic E-state index is 0.110. The molecule has 0 unspecified atom stereocenters. The van der Waals surface area contributed by atoms with Crippen molar-refractivity contribution in [3.63, 3.8) is 0 Å². The van der Waals surface area contributed by atoms with Crippen LogP contribution in [0.5, 0.6) is 0 Å². The number of aromatic amines is 1. The van der Waals surface area contributed by atoms with Crippen LogP contribution in [-0.4, -0.2) is 58.2 Å². The Labute approximate surface area is 175 Å². The molecule has 3 N–H and O–H groups in total. The van der Waals surface area contributed by atoms with Gasteiger partial charge in [0, 0.05) is 29.7 Å². The third-order valence-electron chi connectivity index (χ3n) is 4.83. The zero-order valence-electron chi connectivity index (χ0n) is 17.4. The molecule has 3 heterocycles. The fourth-order valence-electron chi connectivity index (χ4n) is 3.51. The molecule has 1 aromatic carbocycles. The quantitative estimate of drug-likeness (QED) is 0.578. The molecule has 9 nitrogen and oxygen atoms in total. The molecule has 0 saturated carbocycles. The van der Waals surface area contributed by atoms with E-state index in [1.54, 1.807) is 12.4 Å². The number of H-pyrrole nitrogens is 1. The van der Waals surface area contributed by atoms with Crippen molar-refractivity contribution in [1.29, 1.82) is 0 Å². The molecular formula is C21H26N8O. The van der Waals surface area contributed by atoms with Crippen LogP contribution in [0.4, 0.5) is 28.8 Å². The molecule has 156 valence electrons. The lowest BCUT2D eigenvalue weighted by Crippen LogP contribution is -2.40. The van der Waals surface area contributed by atoms with E-state index < -0.39 is 0 Å². The van der Waals surface area contributed by atoms with Gasteiger partial charge < -0.3 is 20.4 Å². The maximum absolute atomic E-state index is 12.7. The maximum atomic E-state index is 12.7. The van der Waals surface area contributed by atoms with Crippen molar-refractivity contribution < 1.29 is 4.79 Å². The first-order chi connectivity index (χ1) is 14.5. The first-order valence-corrected chi connectivity index (χ1v) is 9.94. The number of aryl methyl sites for hydroxylation is 2. The van der Waals surface area contributed by atoms with Crippen LogP contribution in [-0.2, 0) is 11.2 Å². The lowest BCUT2D eigenvalue weighted by atomic mass is 10.0. The summed E-state index contributed by atoms with van der Waals surface area (Å²) in [6.45, 7) is 3.07. The fraction of sp³-hybridized carbons (Fsp3) is 0.333. The summed E-state index contributed by atoms with van der Waals surface area (Å²) in [7, 11) is 3.81. The summed E-state index contributed by atoms with van der Waals surface area (Å²) in [4.78, 5) is 25.3. The van der Waals surface area contributed by atoms with E-state index in [1.807, 2.05) is 49.0 Å². The molecule has 2 aromatic heterocycles. The number of nitrogens with zero attached hydrogens (tertiary/aromatic N) is 5. The number of amides is 1. The largest absolute Gasteiger partial charge is 0.339 e. The van der Waals surface area contributed by atoms with Gasteiger partial charge in [0.05, 0.1) is 18.9 Å². The van der Waals surface area contributed by atoms with Crippen molar-refractivity contribution in [2.24, 2.45) is 0 Å². The van der Waals surface area contributed by atoms with E-state index in [0.717, 1.165) is 36.5 Å². The van der Waals surface area contributed by atoms with Gasteiger partial charge in [0.15, 0.2) is 17.5 Å². The average Bonchev–Trinajstić information content (AvgIpc) is 3.11. The molecule has 0 atom stereocenters. The molecule has 30 heavy (non-hydrogen) atoms. The average molecular weight is 406 g/mol. The van der Waals surface area contributed by atoms with Gasteiger partial charge in [0.25, 0.3) is 0 Å². The molecule has 0 spiro atoms. The molecule has 0 radical (unpaired) electrons. The van der Waals surface area contributed by atoms with Gasteiger partial charge in [0.2, 0.25) is 5.91 Å². The highest BCUT2D eigenvalue weighted by Crippen LogP contribution is 2.31. The highest BCUT2D eigenvalue weighted by atomic mass is 16.2. The van der Waals surface area contributed by atoms with E-state index in [-0.39, 0.29) is 5.91 Å². The Hall–Kier alpha value is -3.46. The number of likely N-dealkylation sites (N-methyl/N-ethyl adjacent to an activating group) is 1. The Morgan fingerprint density at radius 3 is 2.70 bits per heavy atom. The van der Waals surface area contributed by atoms with Crippen molar-refractivity contribution in [2.45, 2.75) is 19.8 Å². The van der Waals surface area contributed by atoms with Gasteiger partial charge in [0.1, 0.15) is 0 Å². The van der Waals surface area contributed by atoms with E-state index in [9.17, 15) is 4.79 Å². The number of rotatable bonds is 6. The second-order valence-corrected chi connectivity index (χ2v) is 7.71. The molecule has 3 aromatic rings. The highest BCUT2D eigenvalue weighted by molar-refractivity contribution is 5.96. The summed E-state index contributed by atoms with van der Waals surface area (Å²) in [5, 5.41) is 13.5. The van der Waals surface area contributed by atoms with Crippen LogP contribution in [0, 0.1) is 6.92 Å². The smallest absolute Gasteiger partial charge is 0.241 e. The molecule has 0 bridgehead atoms. The minimum Gasteiger partial charge on any atom is -0.339 e. The van der Waals surface area contributed by atoms with Crippen LogP contribution in [0.25, 0.3) is 0 Å². The van der Waals surface area contributed by atoms with Crippen molar-refractivity contribution in [3.8, 4) is 0 Å². The third-order valence-corrected chi connectivity index (χ3v) is 4.83. The fourth-order valence-corrected chi connectivity index (χ4v) is 3.51. The lowest BCUT2D eigenvalue weighted by molar-refractivity contribution is -0.119. The number of fused-ring (bicyclic) bond motifs is 1. The van der Waals surface area contributed by atoms with Gasteiger partial charge in [-0.1, -0.05) is 6.07 Å². The third kappa shape index (κ3) is 4.57. The molecule has 0 fully saturated rings. The number of carbonyl (C=O) groups excluding carboxylic acids is 1. The van der Waals surface area contributed by atoms with Crippen molar-refractivity contribution in [3.05, 3.63) is 47.9 Å². The number of anilines is 5. The van der Waals surface area contributed by atoms with Gasteiger partial charge in [-0.2, -0.15) is 5.10 Å². The first kappa shape index (κ1) is 19.8. The molecule has 9 heteroatoms. The highest BCUT2D eigenvalue weighted by Gasteiger charge is 2.23. The minimum atomic E-state index is 0.110. The number of hydrogen-bond acceptors (Lipinski definition) is 7. The SMILES string of the molecule is Cc1cc(Nc2cncc(Nc3ccc4c(c3)N(C(=O)CN(C)C)CCC4)n2)n[nH]1. The van der Waals surface area contributed by atoms with E-state index in [4.69, 9.17) is 0 Å². The summed E-state index contributed by atoms with van der Waals surface area (Å²) >= 11 is 0. The predicted molar refractivity (Wildman–Crippen MR) is 118 cm³/mol. The summed E-state index contributed by atoms with van der Waals surface area (Å²) < 4.78 is 0. The summed E-state index contributed by atoms with van der Waals surface area (Å²) in [6.07, 6.45) is 5.26. The van der Waals surface area contributed by atoms with E-state index >= 15 is 0 Å². The Morgan fingerprint density at radius 1 is 1.17 bits per heavy atom. The van der Waals surface area contributed by atoms with Crippen LogP contribution in [0.2, 0.25) is 0 Å². The zero-order chi connectivity index (χ0) is 21.1. The monoisotopic (exact) mass is 406 g/mol. The van der Waals surface area contributed by atoms with Crippen LogP contribution >= 0.6 is 0 Å². The van der Waals surface area contributed by atoms with Crippen molar-refractivity contribution >= 4 is 34.7 Å². The predicted octanol–water partition coefficient (Wildman–Crippen LogP) is 2.84. The standard InChI is InChI=1S/C21H26N8O/c1-14-9-18(27-26-14)24-20-12-22-11-19(25-20)23-16-7-6-15-5-4-8-29(17(15)10-16)21(30)13-28(2)3/h6-7,9-12H,4-5,8,13H2,1-3H3,(H3,23,24,25,26,27). The van der Waals surface area contributed by atoms with E-state index in [1.165, 1.54) is 5.56 Å². The number of aromatic nitrogens is 4. The van der Waals surface area contributed by atoms with Gasteiger partial charge in [-0.3, -0.25) is 14.9 Å². The topological polar surface area (TPSA) is 102 Å². The maximum Gasteiger partial charge on any atom is 0.241 e. The molecular weight excluding hydrogens is 380 g/mol. The van der Waals surface area contributed by atoms with Gasteiger partial charge in [-0.15, -0.1) is 0 Å². The van der Waals surface area contributed by atoms with Crippen molar-refractivity contribution in [2.75, 3.05) is 42.7 Å². The van der Waals surface area contributed by atoms with E-state index in [2.05, 4.69) is 36.9 Å². The van der Waals surface area contributed by atoms with Crippen LogP contribution in [0.1, 0.15) is 17.7 Å². The van der Waals surface area contributed by atoms with Gasteiger partial charge >= 0.3 is 0 Å². The van der Waals surface area contributed by atoms with Crippen LogP contribution in [0.3, 0.4) is 0 Å². The number of carbonyl (C=O) groups is 1. The normalized spacial score (nSPS) is 13.3. The molecule has 4 rings (SSSR count). The molecule has 1 aliphatic heterocycles. The summed E-state index contributed by atoms with van der Waals surface area (Å²) in [5.74, 6) is 1.99. The first-order valence-electron chi connectivity index (χ1n) is 9.94. The zero-order valence-corrected chi connectivity index (χ0v) is 17.4. The van der Waals surface area contributed by atoms with Gasteiger partial charge in [-0.05, 0) is 51.6 Å². The van der Waals surface area contributed by atoms with Crippen LogP contribution < -0.4 is 15.5 Å². The second-order valence-electron chi connectivity index (χ2n) is 7.71. The summed E-state index contributed by atoms with van der Waals surface area (Å²) in [6, 6.07) is 8.00. The van der Waals surface area contributed by atoms with Crippen molar-refractivity contribution in [1.82, 2.24) is 25.1 Å². The Kier molecular flexibility index (Phi) is 5.62. The Bertz CT molecular complexity index is 1040. The number of hydrogen-bond donors (Lipinski definition) is 3. The lowest BCUT2D eigenvalue weighted by Gasteiger charge is -2.31. The summed E-state index contributed by atoms with van der Waals surface area (Å²) in [5.41, 5.74) is 3.98. The van der Waals surface area contributed by atoms with E-state index in [0.29, 0.717) is 24.0 Å². The molecule has 0 aliphatic carbocycles. The molecule has 0 saturated heterocycles. The second kappa shape index (κ2) is 8.50. The molecule has 1 aliphatic rings. The number of benzene rings is 1. The number of nitrogens with one attached hydrogen (secondary N) is 3.